The molecule has 2 aliphatic rings. The molecule has 4 nitrogen and oxygen atoms in total. The molecule has 0 bridgehead atoms. The molecule has 0 radical (unpaired) electrons. The van der Waals surface area contributed by atoms with Gasteiger partial charge in [-0.2, -0.15) is 0 Å². The quantitative estimate of drug-likeness (QED) is 0.507. The van der Waals surface area contributed by atoms with E-state index in [2.05, 4.69) is 24.3 Å². The highest BCUT2D eigenvalue weighted by Crippen LogP contribution is 2.33. The van der Waals surface area contributed by atoms with E-state index in [1.54, 1.807) is 11.3 Å². The molecule has 0 spiro atoms. The molecular weight excluding hydrogens is 420 g/mol. The maximum absolute atomic E-state index is 12.8. The Morgan fingerprint density at radius 2 is 1.90 bits per heavy atom. The predicted octanol–water partition coefficient (Wildman–Crippen LogP) is 4.43. The summed E-state index contributed by atoms with van der Waals surface area (Å²) in [5.74, 6) is 0.421. The van der Waals surface area contributed by atoms with Gasteiger partial charge in [0.25, 0.3) is 5.91 Å². The van der Waals surface area contributed by atoms with Gasteiger partial charge in [-0.25, -0.2) is 0 Å². The maximum Gasteiger partial charge on any atom is 0.266 e. The molecule has 4 rings (SSSR count). The number of amides is 2. The Hall–Kier alpha value is -1.96. The first-order chi connectivity index (χ1) is 14.1. The molecule has 0 aliphatic carbocycles. The SMILES string of the molecule is O=C(CN1C(=O)C(=Cc2cccs2)SC1=S)N1CCC(Cc2ccccc2)CC1. The maximum atomic E-state index is 12.8. The number of hydrogen-bond donors (Lipinski definition) is 0. The number of piperidine rings is 1. The van der Waals surface area contributed by atoms with Gasteiger partial charge in [-0.15, -0.1) is 11.3 Å². The number of benzene rings is 1. The first kappa shape index (κ1) is 20.3. The van der Waals surface area contributed by atoms with Gasteiger partial charge in [0, 0.05) is 18.0 Å². The minimum atomic E-state index is -0.166. The van der Waals surface area contributed by atoms with Crippen molar-refractivity contribution in [1.29, 1.82) is 0 Å². The lowest BCUT2D eigenvalue weighted by atomic mass is 9.90. The third kappa shape index (κ3) is 4.97. The zero-order valence-corrected chi connectivity index (χ0v) is 18.4. The fourth-order valence-corrected chi connectivity index (χ4v) is 5.69. The van der Waals surface area contributed by atoms with E-state index in [-0.39, 0.29) is 18.4 Å². The minimum Gasteiger partial charge on any atom is -0.341 e. The molecule has 2 fully saturated rings. The van der Waals surface area contributed by atoms with Crippen molar-refractivity contribution < 1.29 is 9.59 Å². The molecule has 7 heteroatoms. The summed E-state index contributed by atoms with van der Waals surface area (Å²) in [6.07, 6.45) is 4.91. The third-order valence-corrected chi connectivity index (χ3v) is 7.52. The number of rotatable bonds is 5. The van der Waals surface area contributed by atoms with Gasteiger partial charge in [0.05, 0.1) is 4.91 Å². The molecule has 0 unspecified atom stereocenters. The van der Waals surface area contributed by atoms with Crippen LogP contribution < -0.4 is 0 Å². The zero-order valence-electron chi connectivity index (χ0n) is 16.0. The van der Waals surface area contributed by atoms with E-state index >= 15 is 0 Å². The second-order valence-corrected chi connectivity index (χ2v) is 9.95. The fraction of sp³-hybridized carbons (Fsp3) is 0.318. The highest BCUT2D eigenvalue weighted by Gasteiger charge is 2.35. The van der Waals surface area contributed by atoms with Crippen LogP contribution in [0.1, 0.15) is 23.3 Å². The van der Waals surface area contributed by atoms with Crippen LogP contribution in [-0.2, 0) is 16.0 Å². The molecular formula is C22H22N2O2S3. The smallest absolute Gasteiger partial charge is 0.266 e. The third-order valence-electron chi connectivity index (χ3n) is 5.32. The Labute approximate surface area is 184 Å². The van der Waals surface area contributed by atoms with E-state index < -0.39 is 0 Å². The lowest BCUT2D eigenvalue weighted by Gasteiger charge is -2.33. The molecule has 0 N–H and O–H groups in total. The molecule has 29 heavy (non-hydrogen) atoms. The number of hydrogen-bond acceptors (Lipinski definition) is 5. The topological polar surface area (TPSA) is 40.6 Å². The molecule has 3 heterocycles. The van der Waals surface area contributed by atoms with Gasteiger partial charge >= 0.3 is 0 Å². The molecule has 2 saturated heterocycles. The second kappa shape index (κ2) is 9.24. The lowest BCUT2D eigenvalue weighted by molar-refractivity contribution is -0.136. The van der Waals surface area contributed by atoms with Crippen LogP contribution in [0.5, 0.6) is 0 Å². The molecule has 1 aromatic heterocycles. The summed E-state index contributed by atoms with van der Waals surface area (Å²) in [7, 11) is 0. The van der Waals surface area contributed by atoms with Gasteiger partial charge in [0.2, 0.25) is 5.91 Å². The standard InChI is InChI=1S/C22H22N2O2S3/c25-20(23-10-8-17(9-11-23)13-16-5-2-1-3-6-16)15-24-21(26)19(29-22(24)27)14-18-7-4-12-28-18/h1-7,12,14,17H,8-11,13,15H2. The summed E-state index contributed by atoms with van der Waals surface area (Å²) < 4.78 is 0.463. The van der Waals surface area contributed by atoms with Gasteiger partial charge in [-0.05, 0) is 48.3 Å². The summed E-state index contributed by atoms with van der Waals surface area (Å²) >= 11 is 8.21. The molecule has 0 atom stereocenters. The van der Waals surface area contributed by atoms with Crippen LogP contribution in [0, 0.1) is 5.92 Å². The van der Waals surface area contributed by atoms with Crippen molar-refractivity contribution in [3.63, 3.8) is 0 Å². The normalized spacial score (nSPS) is 19.4. The van der Waals surface area contributed by atoms with Gasteiger partial charge in [-0.3, -0.25) is 14.5 Å². The summed E-state index contributed by atoms with van der Waals surface area (Å²) in [5.41, 5.74) is 1.35. The van der Waals surface area contributed by atoms with Gasteiger partial charge in [0.15, 0.2) is 0 Å². The van der Waals surface area contributed by atoms with E-state index in [0.717, 1.165) is 37.2 Å². The summed E-state index contributed by atoms with van der Waals surface area (Å²) in [5, 5.41) is 1.97. The van der Waals surface area contributed by atoms with Gasteiger partial charge < -0.3 is 4.90 Å². The van der Waals surface area contributed by atoms with Crippen LogP contribution in [0.4, 0.5) is 0 Å². The molecule has 2 aromatic rings. The summed E-state index contributed by atoms with van der Waals surface area (Å²) in [6, 6.07) is 14.4. The Morgan fingerprint density at radius 1 is 1.14 bits per heavy atom. The highest BCUT2D eigenvalue weighted by atomic mass is 32.2. The molecule has 150 valence electrons. The number of thiophene rings is 1. The lowest BCUT2D eigenvalue weighted by Crippen LogP contribution is -2.45. The van der Waals surface area contributed by atoms with E-state index in [1.165, 1.54) is 22.2 Å². The second-order valence-electron chi connectivity index (χ2n) is 7.30. The van der Waals surface area contributed by atoms with E-state index in [4.69, 9.17) is 12.2 Å². The summed E-state index contributed by atoms with van der Waals surface area (Å²) in [6.45, 7) is 1.53. The fourth-order valence-electron chi connectivity index (χ4n) is 3.71. The van der Waals surface area contributed by atoms with E-state index in [0.29, 0.717) is 15.1 Å². The van der Waals surface area contributed by atoms with Gasteiger partial charge in [-0.1, -0.05) is 60.4 Å². The van der Waals surface area contributed by atoms with Crippen molar-refractivity contribution in [2.24, 2.45) is 5.92 Å². The number of likely N-dealkylation sites (tertiary alicyclic amines) is 1. The largest absolute Gasteiger partial charge is 0.341 e. The molecule has 2 aliphatic heterocycles. The Morgan fingerprint density at radius 3 is 2.59 bits per heavy atom. The molecule has 0 saturated carbocycles. The van der Waals surface area contributed by atoms with E-state index in [9.17, 15) is 9.59 Å². The minimum absolute atomic E-state index is 0.0168. The predicted molar refractivity (Wildman–Crippen MR) is 124 cm³/mol. The Bertz CT molecular complexity index is 917. The Kier molecular flexibility index (Phi) is 6.47. The van der Waals surface area contributed by atoms with Crippen molar-refractivity contribution in [2.45, 2.75) is 19.3 Å². The number of carbonyl (C=O) groups is 2. The number of carbonyl (C=O) groups excluding carboxylic acids is 2. The monoisotopic (exact) mass is 442 g/mol. The van der Waals surface area contributed by atoms with Crippen LogP contribution in [0.3, 0.4) is 0 Å². The average Bonchev–Trinajstić information content (AvgIpc) is 3.33. The average molecular weight is 443 g/mol. The number of thiocarbonyl (C=S) groups is 1. The Balaban J connectivity index is 1.31. The first-order valence-electron chi connectivity index (χ1n) is 9.71. The molecule has 1 aromatic carbocycles. The van der Waals surface area contributed by atoms with Crippen LogP contribution in [0.2, 0.25) is 0 Å². The van der Waals surface area contributed by atoms with Crippen molar-refractivity contribution in [3.8, 4) is 0 Å². The van der Waals surface area contributed by atoms with Crippen molar-refractivity contribution >= 4 is 57.5 Å². The van der Waals surface area contributed by atoms with Crippen molar-refractivity contribution in [1.82, 2.24) is 9.80 Å². The van der Waals surface area contributed by atoms with E-state index in [1.807, 2.05) is 34.6 Å². The summed E-state index contributed by atoms with van der Waals surface area (Å²) in [4.78, 5) is 30.4. The number of nitrogens with zero attached hydrogens (tertiary/aromatic N) is 2. The van der Waals surface area contributed by atoms with Crippen LogP contribution >= 0.6 is 35.3 Å². The zero-order chi connectivity index (χ0) is 20.2. The van der Waals surface area contributed by atoms with Gasteiger partial charge in [0.1, 0.15) is 10.9 Å². The molecule has 2 amide bonds. The number of thioether (sulfide) groups is 1. The van der Waals surface area contributed by atoms with Crippen molar-refractivity contribution in [2.75, 3.05) is 19.6 Å². The van der Waals surface area contributed by atoms with Crippen molar-refractivity contribution in [3.05, 3.63) is 63.2 Å². The van der Waals surface area contributed by atoms with Crippen LogP contribution in [0.25, 0.3) is 6.08 Å². The first-order valence-corrected chi connectivity index (χ1v) is 11.8. The van der Waals surface area contributed by atoms with Crippen LogP contribution in [0.15, 0.2) is 52.7 Å². The highest BCUT2D eigenvalue weighted by molar-refractivity contribution is 8.26. The van der Waals surface area contributed by atoms with Crippen LogP contribution in [-0.4, -0.2) is 45.6 Å².